The Morgan fingerprint density at radius 3 is 1.92 bits per heavy atom. The Labute approximate surface area is 93.4 Å². The fraction of sp³-hybridized carbons (Fsp3) is 0.222. The van der Waals surface area contributed by atoms with Crippen LogP contribution in [0.4, 0.5) is 0 Å². The van der Waals surface area contributed by atoms with Gasteiger partial charge in [-0.25, -0.2) is 4.79 Å². The molecule has 3 nitrogen and oxygen atoms in total. The van der Waals surface area contributed by atoms with Crippen molar-refractivity contribution in [1.82, 2.24) is 0 Å². The van der Waals surface area contributed by atoms with Crippen molar-refractivity contribution >= 4 is 9.04 Å². The van der Waals surface area contributed by atoms with Crippen LogP contribution in [0.25, 0.3) is 0 Å². The average molecular weight is 368 g/mol. The van der Waals surface area contributed by atoms with E-state index in [1.54, 1.807) is 0 Å². The van der Waals surface area contributed by atoms with Crippen LogP contribution >= 0.6 is 0 Å². The maximum absolute atomic E-state index is 9.45. The van der Waals surface area contributed by atoms with Gasteiger partial charge in [0.15, 0.2) is 0 Å². The zero-order chi connectivity index (χ0) is 10.3. The summed E-state index contributed by atoms with van der Waals surface area (Å²) in [7, 11) is 0. The first kappa shape index (κ1) is 12.6. The molecule has 0 spiro atoms. The molecule has 1 aromatic carbocycles. The van der Waals surface area contributed by atoms with E-state index in [1.165, 1.54) is 10.00 Å². The molecule has 4 heteroatoms. The summed E-state index contributed by atoms with van der Waals surface area (Å²) in [6.07, 6.45) is -1.23. The molecule has 0 saturated carbocycles. The van der Waals surface area contributed by atoms with E-state index in [4.69, 9.17) is 10.2 Å². The van der Waals surface area contributed by atoms with Crippen molar-refractivity contribution in [3.8, 4) is 0 Å². The summed E-state index contributed by atoms with van der Waals surface area (Å²) in [5.74, 6) is -1.19. The van der Waals surface area contributed by atoms with E-state index in [0.717, 1.165) is 26.1 Å². The number of aliphatic hydroxyl groups is 1. The molecular formula is C9H11HgO3. The van der Waals surface area contributed by atoms with Crippen molar-refractivity contribution in [2.24, 2.45) is 0 Å². The monoisotopic (exact) mass is 369 g/mol. The van der Waals surface area contributed by atoms with Crippen LogP contribution in [0.1, 0.15) is 6.92 Å². The van der Waals surface area contributed by atoms with Crippen LogP contribution in [0.5, 0.6) is 0 Å². The minimum atomic E-state index is -1.23. The van der Waals surface area contributed by atoms with Gasteiger partial charge in [-0.3, -0.25) is 0 Å². The van der Waals surface area contributed by atoms with Crippen LogP contribution < -0.4 is 3.07 Å². The third-order valence-corrected chi connectivity index (χ3v) is 3.03. The predicted octanol–water partition coefficient (Wildman–Crippen LogP) is 0.310. The number of hydrogen-bond acceptors (Lipinski definition) is 2. The Balaban J connectivity index is 0.000000226. The number of carboxylic acids is 1. The molecule has 0 aliphatic heterocycles. The molecule has 1 aromatic rings. The number of aliphatic carboxylic acids is 1. The molecule has 1 unspecified atom stereocenters. The van der Waals surface area contributed by atoms with E-state index >= 15 is 0 Å². The molecule has 2 N–H and O–H groups in total. The van der Waals surface area contributed by atoms with Crippen LogP contribution in [-0.2, 0) is 30.9 Å². The van der Waals surface area contributed by atoms with Gasteiger partial charge in [0.2, 0.25) is 0 Å². The van der Waals surface area contributed by atoms with Crippen LogP contribution in [0, 0.1) is 0 Å². The van der Waals surface area contributed by atoms with Crippen LogP contribution in [0.2, 0.25) is 0 Å². The molecule has 67 valence electrons. The van der Waals surface area contributed by atoms with Gasteiger partial charge in [-0.05, 0) is 6.92 Å². The second-order valence-electron chi connectivity index (χ2n) is 2.50. The summed E-state index contributed by atoms with van der Waals surface area (Å²) >= 11 is 0.810. The molecule has 1 atom stereocenters. The molecule has 0 heterocycles. The van der Waals surface area contributed by atoms with Crippen LogP contribution in [-0.4, -0.2) is 22.3 Å². The van der Waals surface area contributed by atoms with Gasteiger partial charge in [0.05, 0.1) is 0 Å². The van der Waals surface area contributed by atoms with E-state index < -0.39 is 12.1 Å². The molecular weight excluding hydrogens is 357 g/mol. The Morgan fingerprint density at radius 2 is 1.77 bits per heavy atom. The van der Waals surface area contributed by atoms with E-state index in [0.29, 0.717) is 0 Å². The second kappa shape index (κ2) is 7.03. The van der Waals surface area contributed by atoms with Crippen molar-refractivity contribution in [1.29, 1.82) is 0 Å². The Kier molecular flexibility index (Phi) is 6.81. The number of carboxylic acid groups (broad SMARTS) is 1. The van der Waals surface area contributed by atoms with Crippen LogP contribution in [0.3, 0.4) is 0 Å². The fourth-order valence-electron chi connectivity index (χ4n) is 0.478. The van der Waals surface area contributed by atoms with Gasteiger partial charge in [-0.2, -0.15) is 0 Å². The number of rotatable bonds is 1. The van der Waals surface area contributed by atoms with Crippen molar-refractivity contribution in [2.75, 3.05) is 0 Å². The SMILES string of the molecule is CC(O)C(=O)O.[Hg][c]1ccccc1. The van der Waals surface area contributed by atoms with Gasteiger partial charge >= 0.3 is 65.5 Å². The molecule has 0 aliphatic rings. The topological polar surface area (TPSA) is 57.5 Å². The molecule has 0 radical (unpaired) electrons. The molecule has 0 aromatic heterocycles. The average Bonchev–Trinajstić information content (AvgIpc) is 2.06. The third kappa shape index (κ3) is 7.93. The van der Waals surface area contributed by atoms with Gasteiger partial charge in [-0.1, -0.05) is 0 Å². The van der Waals surface area contributed by atoms with Crippen LogP contribution in [0.15, 0.2) is 30.3 Å². The molecule has 0 saturated heterocycles. The van der Waals surface area contributed by atoms with Gasteiger partial charge in [0.25, 0.3) is 0 Å². The van der Waals surface area contributed by atoms with Crippen molar-refractivity contribution in [2.45, 2.75) is 13.0 Å². The number of benzene rings is 1. The molecule has 1 rings (SSSR count). The van der Waals surface area contributed by atoms with E-state index in [2.05, 4.69) is 30.3 Å². The van der Waals surface area contributed by atoms with Crippen molar-refractivity contribution in [3.63, 3.8) is 0 Å². The zero-order valence-electron chi connectivity index (χ0n) is 7.47. The fourth-order valence-corrected chi connectivity index (χ4v) is 1.54. The summed E-state index contributed by atoms with van der Waals surface area (Å²) in [6.45, 7) is 1.20. The minimum absolute atomic E-state index is 0.810. The first-order valence-electron chi connectivity index (χ1n) is 3.82. The Morgan fingerprint density at radius 1 is 1.38 bits per heavy atom. The van der Waals surface area contributed by atoms with Gasteiger partial charge in [0, 0.05) is 0 Å². The predicted molar refractivity (Wildman–Crippen MR) is 45.4 cm³/mol. The van der Waals surface area contributed by atoms with Crippen molar-refractivity contribution < 1.29 is 41.1 Å². The standard InChI is InChI=1S/C6H5.C3H6O3.Hg/c1-2-4-6-5-3-1;1-2(4)3(5)6;/h1-5H;2,4H,1H3,(H,5,6);. The van der Waals surface area contributed by atoms with Gasteiger partial charge < -0.3 is 10.2 Å². The normalized spacial score (nSPS) is 11.1. The summed E-state index contributed by atoms with van der Waals surface area (Å²) in [6, 6.07) is 10.6. The van der Waals surface area contributed by atoms with Gasteiger partial charge in [0.1, 0.15) is 6.10 Å². The first-order chi connectivity index (χ1) is 6.04. The summed E-state index contributed by atoms with van der Waals surface area (Å²) < 4.78 is 1.52. The molecule has 0 bridgehead atoms. The molecule has 0 aliphatic carbocycles. The molecule has 0 amide bonds. The summed E-state index contributed by atoms with van der Waals surface area (Å²) in [5, 5.41) is 15.8. The quantitative estimate of drug-likeness (QED) is 0.703. The number of hydrogen-bond donors (Lipinski definition) is 2. The van der Waals surface area contributed by atoms with Crippen molar-refractivity contribution in [3.05, 3.63) is 30.3 Å². The molecule has 13 heavy (non-hydrogen) atoms. The maximum atomic E-state index is 9.45. The van der Waals surface area contributed by atoms with E-state index in [9.17, 15) is 4.79 Å². The first-order valence-corrected chi connectivity index (χ1v) is 6.57. The van der Waals surface area contributed by atoms with Gasteiger partial charge in [-0.15, -0.1) is 0 Å². The Hall–Kier alpha value is -0.415. The zero-order valence-corrected chi connectivity index (χ0v) is 13.0. The van der Waals surface area contributed by atoms with E-state index in [1.807, 2.05) is 0 Å². The molecule has 0 fully saturated rings. The third-order valence-electron chi connectivity index (χ3n) is 1.20. The Bertz CT molecular complexity index is 246. The second-order valence-corrected chi connectivity index (χ2v) is 5.67. The number of aliphatic hydroxyl groups excluding tert-OH is 1. The van der Waals surface area contributed by atoms with E-state index in [-0.39, 0.29) is 0 Å². The summed E-state index contributed by atoms with van der Waals surface area (Å²) in [5.41, 5.74) is 0. The number of carbonyl (C=O) groups is 1. The summed E-state index contributed by atoms with van der Waals surface area (Å²) in [4.78, 5) is 9.45.